The van der Waals surface area contributed by atoms with Gasteiger partial charge in [0.2, 0.25) is 0 Å². The molecule has 0 atom stereocenters. The summed E-state index contributed by atoms with van der Waals surface area (Å²) < 4.78 is 0. The molecule has 0 bridgehead atoms. The first-order valence-electron chi connectivity index (χ1n) is 8.23. The van der Waals surface area contributed by atoms with Gasteiger partial charge in [-0.15, -0.1) is 0 Å². The quantitative estimate of drug-likeness (QED) is 0.471. The monoisotopic (exact) mass is 420 g/mol. The van der Waals surface area contributed by atoms with Gasteiger partial charge in [0.1, 0.15) is 0 Å². The minimum absolute atomic E-state index is 0. The molecule has 6 heteroatoms. The minimum atomic E-state index is -2.88. The third-order valence-corrected chi connectivity index (χ3v) is 7.30. The molecular formula is C21H28O4SiTi. The minimum Gasteiger partial charge on any atom is -0.421 e. The molecular weight excluding hydrogens is 392 g/mol. The maximum Gasteiger partial charge on any atom is 0.285 e. The molecule has 0 unspecified atom stereocenters. The van der Waals surface area contributed by atoms with Crippen LogP contribution >= 0.6 is 0 Å². The normalized spacial score (nSPS) is 9.44. The van der Waals surface area contributed by atoms with E-state index in [9.17, 15) is 4.80 Å². The van der Waals surface area contributed by atoms with Gasteiger partial charge in [-0.3, -0.25) is 0 Å². The van der Waals surface area contributed by atoms with Gasteiger partial charge in [-0.05, 0) is 22.0 Å². The van der Waals surface area contributed by atoms with E-state index in [0.717, 1.165) is 22.0 Å². The van der Waals surface area contributed by atoms with Crippen LogP contribution in [0.25, 0.3) is 0 Å². The standard InChI is InChI=1S/C18H16OSi.C3H8O.2H2O.Ti/c19-20(16-10-4-1-5-11-16,17-12-6-2-7-13-17)18-14-8-3-9-15-18;1-2-3-4;;;/h1-15,19H;4H,2-3H2,1H3;2*1H2;. The van der Waals surface area contributed by atoms with Crippen LogP contribution in [-0.4, -0.2) is 35.8 Å². The summed E-state index contributed by atoms with van der Waals surface area (Å²) in [6.07, 6.45) is 0.875. The molecule has 0 aliphatic carbocycles. The van der Waals surface area contributed by atoms with Crippen molar-refractivity contribution < 1.29 is 42.6 Å². The maximum atomic E-state index is 11.6. The summed E-state index contributed by atoms with van der Waals surface area (Å²) in [7, 11) is -2.88. The van der Waals surface area contributed by atoms with E-state index in [2.05, 4.69) is 0 Å². The van der Waals surface area contributed by atoms with E-state index < -0.39 is 8.32 Å². The van der Waals surface area contributed by atoms with Crippen molar-refractivity contribution in [3.8, 4) is 0 Å². The fourth-order valence-electron chi connectivity index (χ4n) is 2.54. The number of aliphatic hydroxyl groups is 1. The molecule has 0 aromatic heterocycles. The summed E-state index contributed by atoms with van der Waals surface area (Å²) in [6.45, 7) is 2.25. The molecule has 144 valence electrons. The van der Waals surface area contributed by atoms with Crippen LogP contribution in [0.2, 0.25) is 0 Å². The summed E-state index contributed by atoms with van der Waals surface area (Å²) >= 11 is 0. The summed E-state index contributed by atoms with van der Waals surface area (Å²) in [6, 6.07) is 30.0. The Morgan fingerprint density at radius 3 is 1.04 bits per heavy atom. The zero-order valence-electron chi connectivity index (χ0n) is 15.5. The summed E-state index contributed by atoms with van der Waals surface area (Å²) in [5, 5.41) is 10.9. The molecule has 3 rings (SSSR count). The van der Waals surface area contributed by atoms with Gasteiger partial charge >= 0.3 is 0 Å². The van der Waals surface area contributed by atoms with Crippen LogP contribution in [-0.2, 0) is 21.7 Å². The van der Waals surface area contributed by atoms with Crippen molar-refractivity contribution in [3.05, 3.63) is 91.0 Å². The Morgan fingerprint density at radius 2 is 0.852 bits per heavy atom. The second-order valence-corrected chi connectivity index (χ2v) is 8.68. The van der Waals surface area contributed by atoms with Crippen molar-refractivity contribution in [2.24, 2.45) is 0 Å². The van der Waals surface area contributed by atoms with Crippen LogP contribution in [0.5, 0.6) is 0 Å². The van der Waals surface area contributed by atoms with Crippen molar-refractivity contribution in [2.75, 3.05) is 6.61 Å². The third-order valence-electron chi connectivity index (χ3n) is 3.80. The van der Waals surface area contributed by atoms with Crippen molar-refractivity contribution in [2.45, 2.75) is 13.3 Å². The van der Waals surface area contributed by atoms with Gasteiger partial charge in [0.15, 0.2) is 0 Å². The van der Waals surface area contributed by atoms with E-state index >= 15 is 0 Å². The Kier molecular flexibility index (Phi) is 14.8. The third kappa shape index (κ3) is 7.16. The first-order chi connectivity index (χ1) is 11.7. The molecule has 3 aromatic carbocycles. The number of hydrogen-bond donors (Lipinski definition) is 2. The van der Waals surface area contributed by atoms with Gasteiger partial charge in [-0.2, -0.15) is 0 Å². The van der Waals surface area contributed by atoms with Crippen molar-refractivity contribution in [3.63, 3.8) is 0 Å². The summed E-state index contributed by atoms with van der Waals surface area (Å²) in [5.41, 5.74) is 0. The van der Waals surface area contributed by atoms with E-state index in [-0.39, 0.29) is 32.7 Å². The molecule has 0 saturated carbocycles. The van der Waals surface area contributed by atoms with Gasteiger partial charge in [0.25, 0.3) is 8.32 Å². The Labute approximate surface area is 177 Å². The summed E-state index contributed by atoms with van der Waals surface area (Å²) in [5.74, 6) is 0. The molecule has 0 amide bonds. The smallest absolute Gasteiger partial charge is 0.285 e. The average molecular weight is 420 g/mol. The zero-order valence-corrected chi connectivity index (χ0v) is 18.0. The largest absolute Gasteiger partial charge is 0.421 e. The number of aliphatic hydroxyl groups excluding tert-OH is 1. The van der Waals surface area contributed by atoms with E-state index in [1.165, 1.54) is 0 Å². The predicted octanol–water partition coefficient (Wildman–Crippen LogP) is 0.383. The Hall–Kier alpha value is -1.57. The number of hydrogen-bond acceptors (Lipinski definition) is 2. The molecule has 0 radical (unpaired) electrons. The average Bonchev–Trinajstić information content (AvgIpc) is 2.69. The van der Waals surface area contributed by atoms with Crippen molar-refractivity contribution in [1.82, 2.24) is 0 Å². The fraction of sp³-hybridized carbons (Fsp3) is 0.143. The molecule has 0 spiro atoms. The first kappa shape index (κ1) is 27.6. The van der Waals surface area contributed by atoms with Crippen molar-refractivity contribution >= 4 is 23.9 Å². The van der Waals surface area contributed by atoms with E-state index in [1.54, 1.807) is 0 Å². The molecule has 0 aliphatic heterocycles. The second kappa shape index (κ2) is 14.5. The molecule has 0 saturated heterocycles. The first-order valence-corrected chi connectivity index (χ1v) is 10.2. The van der Waals surface area contributed by atoms with Crippen LogP contribution in [0.15, 0.2) is 91.0 Å². The molecule has 0 fully saturated rings. The Bertz CT molecular complexity index is 613. The fourth-order valence-corrected chi connectivity index (χ4v) is 5.56. The second-order valence-electron chi connectivity index (χ2n) is 5.53. The van der Waals surface area contributed by atoms with Gasteiger partial charge in [0, 0.05) is 28.3 Å². The molecule has 6 N–H and O–H groups in total. The van der Waals surface area contributed by atoms with Gasteiger partial charge in [-0.1, -0.05) is 97.9 Å². The van der Waals surface area contributed by atoms with E-state index in [1.807, 2.05) is 97.9 Å². The van der Waals surface area contributed by atoms with Gasteiger partial charge in [0.05, 0.1) is 0 Å². The number of rotatable bonds is 4. The van der Waals surface area contributed by atoms with Crippen LogP contribution in [0, 0.1) is 0 Å². The maximum absolute atomic E-state index is 11.6. The van der Waals surface area contributed by atoms with Crippen LogP contribution < -0.4 is 15.6 Å². The van der Waals surface area contributed by atoms with Gasteiger partial charge in [-0.25, -0.2) is 0 Å². The predicted molar refractivity (Wildman–Crippen MR) is 111 cm³/mol. The molecule has 3 aromatic rings. The van der Waals surface area contributed by atoms with Crippen LogP contribution in [0.3, 0.4) is 0 Å². The van der Waals surface area contributed by atoms with Crippen molar-refractivity contribution in [1.29, 1.82) is 0 Å². The topological polar surface area (TPSA) is 103 Å². The van der Waals surface area contributed by atoms with E-state index in [4.69, 9.17) is 5.11 Å². The van der Waals surface area contributed by atoms with E-state index in [0.29, 0.717) is 6.61 Å². The van der Waals surface area contributed by atoms with Crippen LogP contribution in [0.1, 0.15) is 13.3 Å². The zero-order chi connectivity index (χ0) is 17.3. The SMILES string of the molecule is CCCO.O.O.O[Si](c1ccccc1)(c1ccccc1)c1ccccc1.[Ti]. The van der Waals surface area contributed by atoms with Gasteiger partial charge < -0.3 is 20.9 Å². The molecule has 27 heavy (non-hydrogen) atoms. The molecule has 4 nitrogen and oxygen atoms in total. The Morgan fingerprint density at radius 1 is 0.630 bits per heavy atom. The molecule has 0 heterocycles. The van der Waals surface area contributed by atoms with Crippen LogP contribution in [0.4, 0.5) is 0 Å². The number of benzene rings is 3. The Balaban J connectivity index is 0. The summed E-state index contributed by atoms with van der Waals surface area (Å²) in [4.78, 5) is 11.6. The molecule has 0 aliphatic rings.